The summed E-state index contributed by atoms with van der Waals surface area (Å²) >= 11 is 9.42. The molecule has 1 amide bonds. The monoisotopic (exact) mass is 370 g/mol. The number of hydrogen-bond acceptors (Lipinski definition) is 2. The minimum absolute atomic E-state index is 0.0306. The maximum absolute atomic E-state index is 12.5. The van der Waals surface area contributed by atoms with Crippen molar-refractivity contribution in [2.75, 3.05) is 7.05 Å². The minimum atomic E-state index is -0.0306. The molecule has 2 aliphatic rings. The summed E-state index contributed by atoms with van der Waals surface area (Å²) in [7, 11) is 2.22. The highest BCUT2D eigenvalue weighted by molar-refractivity contribution is 9.10. The highest BCUT2D eigenvalue weighted by Crippen LogP contribution is 2.33. The van der Waals surface area contributed by atoms with Gasteiger partial charge in [0.25, 0.3) is 5.91 Å². The highest BCUT2D eigenvalue weighted by Gasteiger charge is 2.36. The van der Waals surface area contributed by atoms with Gasteiger partial charge in [-0.05, 0) is 66.9 Å². The first-order valence-electron chi connectivity index (χ1n) is 7.52. The lowest BCUT2D eigenvalue weighted by Crippen LogP contribution is -2.55. The number of nitrogens with one attached hydrogen (secondary N) is 1. The molecule has 2 heterocycles. The SMILES string of the molecule is CN1C2CCCC1CC(NC(=O)c1cc(Cl)ccc1Br)C2. The van der Waals surface area contributed by atoms with Crippen LogP contribution in [0, 0.1) is 0 Å². The van der Waals surface area contributed by atoms with Gasteiger partial charge in [0.05, 0.1) is 5.56 Å². The van der Waals surface area contributed by atoms with Gasteiger partial charge in [-0.25, -0.2) is 0 Å². The van der Waals surface area contributed by atoms with E-state index in [1.807, 2.05) is 6.07 Å². The van der Waals surface area contributed by atoms with Crippen molar-refractivity contribution in [1.29, 1.82) is 0 Å². The van der Waals surface area contributed by atoms with Crippen LogP contribution in [-0.4, -0.2) is 36.0 Å². The summed E-state index contributed by atoms with van der Waals surface area (Å²) in [6.45, 7) is 0. The molecule has 2 fully saturated rings. The molecule has 1 aromatic rings. The zero-order valence-corrected chi connectivity index (χ0v) is 14.5. The Morgan fingerprint density at radius 1 is 1.33 bits per heavy atom. The van der Waals surface area contributed by atoms with Gasteiger partial charge >= 0.3 is 0 Å². The summed E-state index contributed by atoms with van der Waals surface area (Å²) < 4.78 is 0.789. The Hall–Kier alpha value is -0.580. The van der Waals surface area contributed by atoms with Crippen LogP contribution < -0.4 is 5.32 Å². The van der Waals surface area contributed by atoms with Crippen molar-refractivity contribution in [1.82, 2.24) is 10.2 Å². The number of halogens is 2. The molecule has 0 spiro atoms. The van der Waals surface area contributed by atoms with E-state index >= 15 is 0 Å². The molecule has 1 N–H and O–H groups in total. The summed E-state index contributed by atoms with van der Waals surface area (Å²) in [5.74, 6) is -0.0306. The number of hydrogen-bond donors (Lipinski definition) is 1. The van der Waals surface area contributed by atoms with E-state index in [1.165, 1.54) is 19.3 Å². The lowest BCUT2D eigenvalue weighted by atomic mass is 9.82. The van der Waals surface area contributed by atoms with Crippen molar-refractivity contribution in [3.8, 4) is 0 Å². The summed E-state index contributed by atoms with van der Waals surface area (Å²) in [4.78, 5) is 15.0. The first-order chi connectivity index (χ1) is 10.0. The summed E-state index contributed by atoms with van der Waals surface area (Å²) in [6, 6.07) is 6.82. The quantitative estimate of drug-likeness (QED) is 0.856. The number of amides is 1. The molecule has 0 saturated carbocycles. The molecule has 0 aromatic heterocycles. The Labute approximate surface area is 139 Å². The normalized spacial score (nSPS) is 29.2. The lowest BCUT2D eigenvalue weighted by Gasteiger charge is -2.47. The van der Waals surface area contributed by atoms with E-state index in [4.69, 9.17) is 11.6 Å². The molecule has 2 unspecified atom stereocenters. The standard InChI is InChI=1S/C16H20BrClN2O/c1-20-12-3-2-4-13(20)9-11(8-12)19-16(21)14-7-10(18)5-6-15(14)17/h5-7,11-13H,2-4,8-9H2,1H3,(H,19,21). The van der Waals surface area contributed by atoms with Crippen molar-refractivity contribution in [2.45, 2.75) is 50.2 Å². The molecule has 3 rings (SSSR count). The van der Waals surface area contributed by atoms with Crippen LogP contribution in [0.15, 0.2) is 22.7 Å². The average molecular weight is 372 g/mol. The number of nitrogens with zero attached hydrogens (tertiary/aromatic N) is 1. The third-order valence-corrected chi connectivity index (χ3v) is 5.77. The fourth-order valence-corrected chi connectivity index (χ4v) is 4.27. The van der Waals surface area contributed by atoms with Gasteiger partial charge in [-0.1, -0.05) is 18.0 Å². The Balaban J connectivity index is 1.69. The lowest BCUT2D eigenvalue weighted by molar-refractivity contribution is 0.0463. The first kappa shape index (κ1) is 15.3. The van der Waals surface area contributed by atoms with Crippen LogP contribution in [0.3, 0.4) is 0 Å². The third kappa shape index (κ3) is 3.27. The molecule has 3 nitrogen and oxygen atoms in total. The average Bonchev–Trinajstić information content (AvgIpc) is 2.42. The zero-order valence-electron chi connectivity index (χ0n) is 12.1. The second-order valence-corrected chi connectivity index (χ2v) is 7.46. The van der Waals surface area contributed by atoms with E-state index in [0.29, 0.717) is 22.7 Å². The summed E-state index contributed by atoms with van der Waals surface area (Å²) in [5, 5.41) is 3.78. The van der Waals surface area contributed by atoms with Crippen LogP contribution >= 0.6 is 27.5 Å². The topological polar surface area (TPSA) is 32.3 Å². The molecular weight excluding hydrogens is 352 g/mol. The number of rotatable bonds is 2. The van der Waals surface area contributed by atoms with Crippen molar-refractivity contribution < 1.29 is 4.79 Å². The summed E-state index contributed by atoms with van der Waals surface area (Å²) in [6.07, 6.45) is 5.93. The predicted octanol–water partition coefficient (Wildman–Crippen LogP) is 3.85. The van der Waals surface area contributed by atoms with E-state index in [2.05, 4.69) is 33.2 Å². The molecule has 1 aromatic carbocycles. The van der Waals surface area contributed by atoms with Gasteiger partial charge in [0.2, 0.25) is 0 Å². The maximum atomic E-state index is 12.5. The number of fused-ring (bicyclic) bond motifs is 2. The molecule has 5 heteroatoms. The van der Waals surface area contributed by atoms with Crippen LogP contribution in [-0.2, 0) is 0 Å². The zero-order chi connectivity index (χ0) is 15.0. The van der Waals surface area contributed by atoms with Gasteiger partial charge in [-0.2, -0.15) is 0 Å². The molecule has 2 aliphatic heterocycles. The molecule has 2 bridgehead atoms. The van der Waals surface area contributed by atoms with Crippen LogP contribution in [0.2, 0.25) is 5.02 Å². The van der Waals surface area contributed by atoms with Crippen LogP contribution in [0.25, 0.3) is 0 Å². The van der Waals surface area contributed by atoms with Crippen LogP contribution in [0.1, 0.15) is 42.5 Å². The predicted molar refractivity (Wildman–Crippen MR) is 88.8 cm³/mol. The Kier molecular flexibility index (Phi) is 4.57. The third-order valence-electron chi connectivity index (χ3n) is 4.85. The largest absolute Gasteiger partial charge is 0.349 e. The number of carbonyl (C=O) groups is 1. The highest BCUT2D eigenvalue weighted by atomic mass is 79.9. The van der Waals surface area contributed by atoms with E-state index in [1.54, 1.807) is 12.1 Å². The summed E-state index contributed by atoms with van der Waals surface area (Å²) in [5.41, 5.74) is 0.617. The van der Waals surface area contributed by atoms with E-state index in [-0.39, 0.29) is 11.9 Å². The van der Waals surface area contributed by atoms with Gasteiger partial charge in [-0.15, -0.1) is 0 Å². The van der Waals surface area contributed by atoms with E-state index < -0.39 is 0 Å². The van der Waals surface area contributed by atoms with Gasteiger partial charge in [0.15, 0.2) is 0 Å². The molecule has 114 valence electrons. The van der Waals surface area contributed by atoms with E-state index in [9.17, 15) is 4.79 Å². The molecular formula is C16H20BrClN2O. The van der Waals surface area contributed by atoms with Crippen LogP contribution in [0.5, 0.6) is 0 Å². The Morgan fingerprint density at radius 2 is 2.00 bits per heavy atom. The molecule has 0 radical (unpaired) electrons. The Bertz CT molecular complexity index is 537. The smallest absolute Gasteiger partial charge is 0.252 e. The van der Waals surface area contributed by atoms with Crippen LogP contribution in [0.4, 0.5) is 0 Å². The maximum Gasteiger partial charge on any atom is 0.252 e. The molecule has 2 saturated heterocycles. The second-order valence-electron chi connectivity index (χ2n) is 6.17. The Morgan fingerprint density at radius 3 is 2.67 bits per heavy atom. The molecule has 0 aliphatic carbocycles. The van der Waals surface area contributed by atoms with Crippen molar-refractivity contribution >= 4 is 33.4 Å². The van der Waals surface area contributed by atoms with Gasteiger partial charge < -0.3 is 10.2 Å². The minimum Gasteiger partial charge on any atom is -0.349 e. The van der Waals surface area contributed by atoms with Crippen molar-refractivity contribution in [3.63, 3.8) is 0 Å². The van der Waals surface area contributed by atoms with Crippen molar-refractivity contribution in [3.05, 3.63) is 33.3 Å². The fraction of sp³-hybridized carbons (Fsp3) is 0.562. The van der Waals surface area contributed by atoms with E-state index in [0.717, 1.165) is 17.3 Å². The number of benzene rings is 1. The molecule has 21 heavy (non-hydrogen) atoms. The van der Waals surface area contributed by atoms with Gasteiger partial charge in [0, 0.05) is 27.6 Å². The second kappa shape index (κ2) is 6.27. The first-order valence-corrected chi connectivity index (χ1v) is 8.69. The number of piperidine rings is 2. The van der Waals surface area contributed by atoms with Gasteiger partial charge in [0.1, 0.15) is 0 Å². The fourth-order valence-electron chi connectivity index (χ4n) is 3.67. The molecule has 2 atom stereocenters. The van der Waals surface area contributed by atoms with Gasteiger partial charge in [-0.3, -0.25) is 4.79 Å². The number of carbonyl (C=O) groups excluding carboxylic acids is 1. The van der Waals surface area contributed by atoms with Crippen molar-refractivity contribution in [2.24, 2.45) is 0 Å².